The topological polar surface area (TPSA) is 134 Å². The molecule has 0 amide bonds. The number of rotatable bonds is 9. The van der Waals surface area contributed by atoms with Gasteiger partial charge in [-0.05, 0) is 81.1 Å². The summed E-state index contributed by atoms with van der Waals surface area (Å²) in [5.74, 6) is 1.66. The number of aryl methyl sites for hydroxylation is 1. The van der Waals surface area contributed by atoms with Crippen molar-refractivity contribution < 1.29 is 18.3 Å². The molecule has 1 aliphatic carbocycles. The second kappa shape index (κ2) is 11.1. The number of benzene rings is 2. The van der Waals surface area contributed by atoms with E-state index in [4.69, 9.17) is 14.7 Å². The highest BCUT2D eigenvalue weighted by atomic mass is 32.2. The molecule has 11 nitrogen and oxygen atoms in total. The molecule has 0 saturated heterocycles. The number of sulfonamides is 1. The highest BCUT2D eigenvalue weighted by Gasteiger charge is 2.23. The number of ether oxygens (including phenoxy) is 1. The van der Waals surface area contributed by atoms with Crippen LogP contribution in [0.2, 0.25) is 0 Å². The molecule has 0 aliphatic heterocycles. The average Bonchev–Trinajstić information content (AvgIpc) is 3.37. The molecule has 2 aromatic carbocycles. The molecule has 0 unspecified atom stereocenters. The Morgan fingerprint density at radius 1 is 1.05 bits per heavy atom. The number of nitrogens with one attached hydrogen (secondary N) is 2. The Morgan fingerprint density at radius 2 is 1.74 bits per heavy atom. The molecule has 2 heterocycles. The number of nitrogens with zero attached hydrogens (tertiary/aromatic N) is 5. The van der Waals surface area contributed by atoms with Gasteiger partial charge in [0.2, 0.25) is 5.95 Å². The largest absolute Gasteiger partial charge is 0.497 e. The fourth-order valence-corrected chi connectivity index (χ4v) is 5.86. The SMILES string of the molecule is CCn1cnc2c(Nc3ccc(S(=O)(=O)N(C)c4ccc(OC)cc4)cc3)nc(NC3CCC(O)CC3)nc21. The van der Waals surface area contributed by atoms with Crippen LogP contribution in [0.1, 0.15) is 32.6 Å². The maximum absolute atomic E-state index is 13.2. The van der Waals surface area contributed by atoms with Gasteiger partial charge in [-0.2, -0.15) is 9.97 Å². The molecule has 206 valence electrons. The van der Waals surface area contributed by atoms with Gasteiger partial charge in [-0.3, -0.25) is 4.31 Å². The van der Waals surface area contributed by atoms with E-state index in [0.717, 1.165) is 25.7 Å². The first-order valence-corrected chi connectivity index (χ1v) is 14.4. The summed E-state index contributed by atoms with van der Waals surface area (Å²) in [4.78, 5) is 14.1. The Hall–Kier alpha value is -3.90. The molecule has 12 heteroatoms. The smallest absolute Gasteiger partial charge is 0.264 e. The summed E-state index contributed by atoms with van der Waals surface area (Å²) >= 11 is 0. The van der Waals surface area contributed by atoms with E-state index in [1.807, 2.05) is 11.5 Å². The second-order valence-electron chi connectivity index (χ2n) is 9.57. The second-order valence-corrected chi connectivity index (χ2v) is 11.5. The number of aromatic nitrogens is 4. The minimum atomic E-state index is -3.77. The van der Waals surface area contributed by atoms with Crippen LogP contribution in [0.15, 0.2) is 59.8 Å². The summed E-state index contributed by atoms with van der Waals surface area (Å²) in [6, 6.07) is 13.6. The minimum absolute atomic E-state index is 0.163. The summed E-state index contributed by atoms with van der Waals surface area (Å²) in [5.41, 5.74) is 2.52. The van der Waals surface area contributed by atoms with Gasteiger partial charge in [0.25, 0.3) is 10.0 Å². The van der Waals surface area contributed by atoms with Gasteiger partial charge in [-0.15, -0.1) is 0 Å². The number of anilines is 4. The molecule has 2 aromatic heterocycles. The van der Waals surface area contributed by atoms with E-state index in [9.17, 15) is 13.5 Å². The molecule has 4 aromatic rings. The number of aliphatic hydroxyl groups excluding tert-OH is 1. The summed E-state index contributed by atoms with van der Waals surface area (Å²) in [6.07, 6.45) is 4.68. The third-order valence-electron chi connectivity index (χ3n) is 7.05. The van der Waals surface area contributed by atoms with Crippen LogP contribution in [-0.4, -0.2) is 59.3 Å². The number of aliphatic hydroxyl groups is 1. The van der Waals surface area contributed by atoms with Crippen LogP contribution in [-0.2, 0) is 16.6 Å². The van der Waals surface area contributed by atoms with E-state index in [0.29, 0.717) is 46.6 Å². The lowest BCUT2D eigenvalue weighted by Crippen LogP contribution is -2.29. The third kappa shape index (κ3) is 5.62. The van der Waals surface area contributed by atoms with E-state index in [1.165, 1.54) is 11.4 Å². The van der Waals surface area contributed by atoms with E-state index in [2.05, 4.69) is 15.6 Å². The van der Waals surface area contributed by atoms with Crippen LogP contribution in [0.4, 0.5) is 23.1 Å². The molecule has 1 fully saturated rings. The number of hydrogen-bond acceptors (Lipinski definition) is 9. The molecule has 5 rings (SSSR count). The van der Waals surface area contributed by atoms with E-state index in [-0.39, 0.29) is 17.0 Å². The molecule has 0 spiro atoms. The average molecular weight is 552 g/mol. The zero-order valence-electron chi connectivity index (χ0n) is 22.2. The van der Waals surface area contributed by atoms with Gasteiger partial charge in [-0.1, -0.05) is 0 Å². The van der Waals surface area contributed by atoms with Crippen LogP contribution in [0.25, 0.3) is 11.2 Å². The molecule has 39 heavy (non-hydrogen) atoms. The molecular weight excluding hydrogens is 518 g/mol. The predicted molar refractivity (Wildman–Crippen MR) is 151 cm³/mol. The first-order chi connectivity index (χ1) is 18.8. The molecular formula is C27H33N7O4S. The molecule has 0 radical (unpaired) electrons. The van der Waals surface area contributed by atoms with E-state index >= 15 is 0 Å². The maximum Gasteiger partial charge on any atom is 0.264 e. The lowest BCUT2D eigenvalue weighted by Gasteiger charge is -2.26. The van der Waals surface area contributed by atoms with Crippen molar-refractivity contribution in [3.63, 3.8) is 0 Å². The first kappa shape index (κ1) is 26.7. The third-order valence-corrected chi connectivity index (χ3v) is 8.85. The van der Waals surface area contributed by atoms with Gasteiger partial charge in [-0.25, -0.2) is 13.4 Å². The number of methoxy groups -OCH3 is 1. The van der Waals surface area contributed by atoms with Gasteiger partial charge in [0.05, 0.1) is 30.1 Å². The van der Waals surface area contributed by atoms with Gasteiger partial charge in [0.1, 0.15) is 5.75 Å². The first-order valence-electron chi connectivity index (χ1n) is 13.0. The van der Waals surface area contributed by atoms with E-state index < -0.39 is 10.0 Å². The lowest BCUT2D eigenvalue weighted by molar-refractivity contribution is 0.126. The van der Waals surface area contributed by atoms with Crippen LogP contribution in [0, 0.1) is 0 Å². The quantitative estimate of drug-likeness (QED) is 0.280. The highest BCUT2D eigenvalue weighted by molar-refractivity contribution is 7.92. The molecule has 1 aliphatic rings. The van der Waals surface area contributed by atoms with Crippen LogP contribution in [0.5, 0.6) is 5.75 Å². The molecule has 3 N–H and O–H groups in total. The summed E-state index contributed by atoms with van der Waals surface area (Å²) in [7, 11) is -0.684. The van der Waals surface area contributed by atoms with Crippen molar-refractivity contribution in [2.24, 2.45) is 0 Å². The number of imidazole rings is 1. The zero-order chi connectivity index (χ0) is 27.6. The fraction of sp³-hybridized carbons (Fsp3) is 0.370. The van der Waals surface area contributed by atoms with Gasteiger partial charge in [0, 0.05) is 25.3 Å². The van der Waals surface area contributed by atoms with Crippen LogP contribution >= 0.6 is 0 Å². The summed E-state index contributed by atoms with van der Waals surface area (Å²) in [6.45, 7) is 2.73. The Labute approximate surface area is 227 Å². The Balaban J connectivity index is 1.38. The normalized spacial score (nSPS) is 17.6. The van der Waals surface area contributed by atoms with Gasteiger partial charge >= 0.3 is 0 Å². The Kier molecular flexibility index (Phi) is 7.58. The molecule has 0 bridgehead atoms. The van der Waals surface area contributed by atoms with Crippen molar-refractivity contribution in [3.8, 4) is 5.75 Å². The predicted octanol–water partition coefficient (Wildman–Crippen LogP) is 4.14. The van der Waals surface area contributed by atoms with Crippen molar-refractivity contribution in [1.82, 2.24) is 19.5 Å². The standard InChI is InChI=1S/C27H33N7O4S/c1-4-34-17-28-24-25(31-27(32-26(24)34)30-19-5-11-21(35)12-6-19)29-18-7-15-23(16-8-18)39(36,37)33(2)20-9-13-22(38-3)14-10-20/h7-10,13-17,19,21,35H,4-6,11-12H2,1-3H3,(H2,29,30,31,32). The van der Waals surface area contributed by atoms with Crippen molar-refractivity contribution in [2.75, 3.05) is 29.1 Å². The van der Waals surface area contributed by atoms with Crippen molar-refractivity contribution in [3.05, 3.63) is 54.9 Å². The van der Waals surface area contributed by atoms with E-state index in [1.54, 1.807) is 62.0 Å². The minimum Gasteiger partial charge on any atom is -0.497 e. The summed E-state index contributed by atoms with van der Waals surface area (Å²) in [5, 5.41) is 16.5. The highest BCUT2D eigenvalue weighted by Crippen LogP contribution is 2.29. The summed E-state index contributed by atoms with van der Waals surface area (Å²) < 4.78 is 34.8. The van der Waals surface area contributed by atoms with Crippen molar-refractivity contribution >= 4 is 44.3 Å². The Morgan fingerprint density at radius 3 is 2.38 bits per heavy atom. The lowest BCUT2D eigenvalue weighted by atomic mass is 9.93. The zero-order valence-corrected chi connectivity index (χ0v) is 23.0. The Bertz CT molecular complexity index is 1530. The monoisotopic (exact) mass is 551 g/mol. The number of hydrogen-bond donors (Lipinski definition) is 3. The van der Waals surface area contributed by atoms with Crippen LogP contribution < -0.4 is 19.7 Å². The van der Waals surface area contributed by atoms with Gasteiger partial charge < -0.3 is 25.0 Å². The number of fused-ring (bicyclic) bond motifs is 1. The van der Waals surface area contributed by atoms with Gasteiger partial charge in [0.15, 0.2) is 17.0 Å². The maximum atomic E-state index is 13.2. The molecule has 1 saturated carbocycles. The fourth-order valence-electron chi connectivity index (χ4n) is 4.67. The van der Waals surface area contributed by atoms with Crippen LogP contribution in [0.3, 0.4) is 0 Å². The van der Waals surface area contributed by atoms with Crippen molar-refractivity contribution in [1.29, 1.82) is 0 Å². The molecule has 0 atom stereocenters. The van der Waals surface area contributed by atoms with Crippen molar-refractivity contribution in [2.45, 2.75) is 56.2 Å².